The molecule has 0 radical (unpaired) electrons. The summed E-state index contributed by atoms with van der Waals surface area (Å²) in [5, 5.41) is 3.88. The van der Waals surface area contributed by atoms with Crippen LogP contribution in [0, 0.1) is 0 Å². The van der Waals surface area contributed by atoms with Crippen LogP contribution in [0.4, 0.5) is 4.79 Å². The summed E-state index contributed by atoms with van der Waals surface area (Å²) >= 11 is 0. The van der Waals surface area contributed by atoms with Crippen LogP contribution in [0.25, 0.3) is 0 Å². The predicted molar refractivity (Wildman–Crippen MR) is 82.8 cm³/mol. The molecule has 0 aromatic rings. The Hall–Kier alpha value is -1.38. The zero-order valence-electron chi connectivity index (χ0n) is 15.0. The van der Waals surface area contributed by atoms with E-state index in [1.54, 1.807) is 27.7 Å². The molecule has 2 saturated heterocycles. The first-order valence-corrected chi connectivity index (χ1v) is 8.32. The Morgan fingerprint density at radius 3 is 2.50 bits per heavy atom. The molecule has 2 aliphatic heterocycles. The van der Waals surface area contributed by atoms with Gasteiger partial charge in [0.2, 0.25) is 0 Å². The van der Waals surface area contributed by atoms with E-state index >= 15 is 0 Å². The van der Waals surface area contributed by atoms with E-state index < -0.39 is 23.5 Å². The molecule has 1 aliphatic carbocycles. The van der Waals surface area contributed by atoms with Gasteiger partial charge in [0.05, 0.1) is 6.04 Å². The van der Waals surface area contributed by atoms with Gasteiger partial charge in [-0.15, -0.1) is 0 Å². The predicted octanol–water partition coefficient (Wildman–Crippen LogP) is 1.33. The van der Waals surface area contributed by atoms with Crippen LogP contribution in [-0.2, 0) is 23.8 Å². The van der Waals surface area contributed by atoms with Crippen molar-refractivity contribution < 1.29 is 28.6 Å². The highest BCUT2D eigenvalue weighted by Crippen LogP contribution is 2.46. The minimum absolute atomic E-state index is 0.150. The molecule has 24 heavy (non-hydrogen) atoms. The number of fused-ring (bicyclic) bond motifs is 5. The molecule has 136 valence electrons. The van der Waals surface area contributed by atoms with Gasteiger partial charge in [-0.2, -0.15) is 0 Å². The summed E-state index contributed by atoms with van der Waals surface area (Å²) in [5.41, 5.74) is -0.621. The van der Waals surface area contributed by atoms with Gasteiger partial charge in [0.1, 0.15) is 30.0 Å². The molecule has 2 heterocycles. The second kappa shape index (κ2) is 5.57. The number of hydrogen-bond donors (Lipinski definition) is 1. The maximum absolute atomic E-state index is 12.6. The molecule has 3 aliphatic rings. The van der Waals surface area contributed by atoms with E-state index in [4.69, 9.17) is 19.0 Å². The van der Waals surface area contributed by atoms with Crippen molar-refractivity contribution in [3.05, 3.63) is 0 Å². The van der Waals surface area contributed by atoms with Crippen LogP contribution >= 0.6 is 0 Å². The Labute approximate surface area is 141 Å². The molecule has 0 spiro atoms. The fourth-order valence-electron chi connectivity index (χ4n) is 3.42. The zero-order valence-corrected chi connectivity index (χ0v) is 15.0. The molecule has 3 rings (SSSR count). The monoisotopic (exact) mass is 342 g/mol. The number of nitrogens with zero attached hydrogens (tertiary/aromatic N) is 1. The van der Waals surface area contributed by atoms with Crippen molar-refractivity contribution >= 4 is 12.0 Å². The molecular formula is C16H26N2O6. The Kier molecular flexibility index (Phi) is 4.05. The number of nitrogens with one attached hydrogen (secondary N) is 1. The summed E-state index contributed by atoms with van der Waals surface area (Å²) in [7, 11) is 0. The minimum atomic E-state index is -0.756. The SMILES string of the molecule is CC(NC(=O)OC(C)(C)C)C(=O)N1O[C@@H]2C[C@H]1[C@@H]1OC(C)(C)O[C@@H]12. The Bertz CT molecular complexity index is 543. The summed E-state index contributed by atoms with van der Waals surface area (Å²) < 4.78 is 16.9. The number of rotatable bonds is 2. The van der Waals surface area contributed by atoms with Gasteiger partial charge in [0.25, 0.3) is 5.91 Å². The maximum Gasteiger partial charge on any atom is 0.408 e. The van der Waals surface area contributed by atoms with Gasteiger partial charge in [-0.25, -0.2) is 9.86 Å². The van der Waals surface area contributed by atoms with Gasteiger partial charge < -0.3 is 19.5 Å². The van der Waals surface area contributed by atoms with E-state index in [1.165, 1.54) is 5.06 Å². The second-order valence-corrected chi connectivity index (χ2v) is 8.04. The number of carbonyl (C=O) groups is 2. The molecule has 1 N–H and O–H groups in total. The Morgan fingerprint density at radius 2 is 1.88 bits per heavy atom. The zero-order chi connectivity index (χ0) is 17.9. The highest BCUT2D eigenvalue weighted by atomic mass is 16.8. The number of hydroxylamine groups is 2. The van der Waals surface area contributed by atoms with Gasteiger partial charge in [-0.05, 0) is 41.5 Å². The normalized spacial score (nSPS) is 34.8. The summed E-state index contributed by atoms with van der Waals surface area (Å²) in [6, 6.07) is -0.954. The quantitative estimate of drug-likeness (QED) is 0.815. The summed E-state index contributed by atoms with van der Waals surface area (Å²) in [6.07, 6.45) is -0.498. The average Bonchev–Trinajstić information content (AvgIpc) is 3.03. The lowest BCUT2D eigenvalue weighted by atomic mass is 10.1. The molecule has 5 atom stereocenters. The van der Waals surface area contributed by atoms with E-state index in [-0.39, 0.29) is 30.3 Å². The topological polar surface area (TPSA) is 86.3 Å². The van der Waals surface area contributed by atoms with E-state index in [1.807, 2.05) is 13.8 Å². The van der Waals surface area contributed by atoms with Crippen LogP contribution in [0.15, 0.2) is 0 Å². The number of hydrogen-bond acceptors (Lipinski definition) is 6. The van der Waals surface area contributed by atoms with Crippen LogP contribution in [0.2, 0.25) is 0 Å². The van der Waals surface area contributed by atoms with E-state index in [0.717, 1.165) is 0 Å². The van der Waals surface area contributed by atoms with Crippen molar-refractivity contribution in [2.24, 2.45) is 0 Å². The van der Waals surface area contributed by atoms with E-state index in [9.17, 15) is 9.59 Å². The third kappa shape index (κ3) is 3.22. The maximum atomic E-state index is 12.6. The molecular weight excluding hydrogens is 316 g/mol. The average molecular weight is 342 g/mol. The molecule has 0 aromatic carbocycles. The fourth-order valence-corrected chi connectivity index (χ4v) is 3.42. The van der Waals surface area contributed by atoms with Gasteiger partial charge in [0, 0.05) is 6.42 Å². The van der Waals surface area contributed by atoms with Crippen LogP contribution in [0.3, 0.4) is 0 Å². The summed E-state index contributed by atoms with van der Waals surface area (Å²) in [5.74, 6) is -0.991. The van der Waals surface area contributed by atoms with Crippen LogP contribution < -0.4 is 5.32 Å². The third-order valence-corrected chi connectivity index (χ3v) is 4.25. The van der Waals surface area contributed by atoms with E-state index in [2.05, 4.69) is 5.32 Å². The van der Waals surface area contributed by atoms with E-state index in [0.29, 0.717) is 6.42 Å². The van der Waals surface area contributed by atoms with Crippen LogP contribution in [0.5, 0.6) is 0 Å². The molecule has 3 fully saturated rings. The highest BCUT2D eigenvalue weighted by molar-refractivity contribution is 5.85. The molecule has 2 bridgehead atoms. The molecule has 2 amide bonds. The lowest BCUT2D eigenvalue weighted by Gasteiger charge is -2.33. The molecule has 0 aromatic heterocycles. The Morgan fingerprint density at radius 1 is 1.25 bits per heavy atom. The van der Waals surface area contributed by atoms with Crippen molar-refractivity contribution in [2.45, 2.75) is 89.7 Å². The smallest absolute Gasteiger partial charge is 0.408 e. The van der Waals surface area contributed by atoms with Crippen molar-refractivity contribution in [1.82, 2.24) is 10.4 Å². The number of alkyl carbamates (subject to hydrolysis) is 1. The van der Waals surface area contributed by atoms with Crippen molar-refractivity contribution in [2.75, 3.05) is 0 Å². The second-order valence-electron chi connectivity index (χ2n) is 8.04. The first-order valence-electron chi connectivity index (χ1n) is 8.32. The first kappa shape index (κ1) is 17.4. The Balaban J connectivity index is 1.60. The molecule has 8 heteroatoms. The third-order valence-electron chi connectivity index (χ3n) is 4.25. The molecule has 8 nitrogen and oxygen atoms in total. The van der Waals surface area contributed by atoms with Crippen molar-refractivity contribution in [3.63, 3.8) is 0 Å². The summed E-state index contributed by atoms with van der Waals surface area (Å²) in [6.45, 7) is 10.6. The van der Waals surface area contributed by atoms with Crippen LogP contribution in [0.1, 0.15) is 48.0 Å². The largest absolute Gasteiger partial charge is 0.444 e. The highest BCUT2D eigenvalue weighted by Gasteiger charge is 2.62. The van der Waals surface area contributed by atoms with Crippen molar-refractivity contribution in [3.8, 4) is 0 Å². The lowest BCUT2D eigenvalue weighted by Crippen LogP contribution is -2.55. The number of amides is 2. The first-order chi connectivity index (χ1) is 11.0. The van der Waals surface area contributed by atoms with Crippen LogP contribution in [-0.4, -0.2) is 58.8 Å². The molecule has 1 saturated carbocycles. The van der Waals surface area contributed by atoms with Gasteiger partial charge in [-0.1, -0.05) is 0 Å². The van der Waals surface area contributed by atoms with Crippen molar-refractivity contribution in [1.29, 1.82) is 0 Å². The summed E-state index contributed by atoms with van der Waals surface area (Å²) in [4.78, 5) is 30.2. The van der Waals surface area contributed by atoms with Gasteiger partial charge in [-0.3, -0.25) is 9.63 Å². The fraction of sp³-hybridized carbons (Fsp3) is 0.875. The number of ether oxygens (including phenoxy) is 3. The number of carbonyl (C=O) groups excluding carboxylic acids is 2. The lowest BCUT2D eigenvalue weighted by molar-refractivity contribution is -0.224. The minimum Gasteiger partial charge on any atom is -0.444 e. The molecule has 1 unspecified atom stereocenters. The standard InChI is InChI=1S/C16H26N2O6/c1-8(17-14(20)23-15(2,3)4)13(19)18-9-7-10(24-18)12-11(9)21-16(5,6)22-12/h8-12H,7H2,1-6H3,(H,17,20)/t8?,9-,10+,11-,12+/m0/s1. The van der Waals surface area contributed by atoms with Gasteiger partial charge in [0.15, 0.2) is 5.79 Å². The van der Waals surface area contributed by atoms with Gasteiger partial charge >= 0.3 is 6.09 Å².